The van der Waals surface area contributed by atoms with Crippen molar-refractivity contribution in [2.45, 2.75) is 6.04 Å². The van der Waals surface area contributed by atoms with E-state index in [0.717, 1.165) is 26.3 Å². The van der Waals surface area contributed by atoms with E-state index in [4.69, 9.17) is 20.7 Å². The van der Waals surface area contributed by atoms with Gasteiger partial charge in [-0.25, -0.2) is 0 Å². The van der Waals surface area contributed by atoms with Gasteiger partial charge in [0.05, 0.1) is 19.8 Å². The van der Waals surface area contributed by atoms with Crippen molar-refractivity contribution in [2.24, 2.45) is 5.73 Å². The molecule has 0 spiro atoms. The number of carbonyl (C=O) groups is 1. The van der Waals surface area contributed by atoms with Gasteiger partial charge in [0.2, 0.25) is 0 Å². The molecule has 1 fully saturated rings. The van der Waals surface area contributed by atoms with Crippen LogP contribution in [0.15, 0.2) is 0 Å². The third-order valence-corrected chi connectivity index (χ3v) is 1.36. The van der Waals surface area contributed by atoms with Crippen LogP contribution in [0.25, 0.3) is 0 Å². The Balaban J connectivity index is 0.000000223. The maximum Gasteiger partial charge on any atom is 0.322 e. The first-order chi connectivity index (χ1) is 6.18. The Labute approximate surface area is 76.7 Å². The lowest BCUT2D eigenvalue weighted by atomic mass is 10.3. The van der Waals surface area contributed by atoms with Crippen LogP contribution in [-0.2, 0) is 9.53 Å². The van der Waals surface area contributed by atoms with Crippen LogP contribution in [0.5, 0.6) is 0 Å². The summed E-state index contributed by atoms with van der Waals surface area (Å²) in [6, 6.07) is -1.13. The smallest absolute Gasteiger partial charge is 0.322 e. The minimum absolute atomic E-state index is 0.505. The topological polar surface area (TPSA) is 105 Å². The Morgan fingerprint density at radius 1 is 1.54 bits per heavy atom. The van der Waals surface area contributed by atoms with E-state index in [1.54, 1.807) is 0 Å². The first-order valence-corrected chi connectivity index (χ1v) is 4.06. The van der Waals surface area contributed by atoms with Crippen molar-refractivity contribution in [3.05, 3.63) is 0 Å². The van der Waals surface area contributed by atoms with Crippen molar-refractivity contribution in [1.82, 2.24) is 5.32 Å². The molecule has 78 valence electrons. The molecule has 1 rings (SSSR count). The highest BCUT2D eigenvalue weighted by Crippen LogP contribution is 1.76. The summed E-state index contributed by atoms with van der Waals surface area (Å²) >= 11 is 0. The second kappa shape index (κ2) is 7.93. The molecule has 1 unspecified atom stereocenters. The van der Waals surface area contributed by atoms with Crippen LogP contribution in [0.4, 0.5) is 0 Å². The third-order valence-electron chi connectivity index (χ3n) is 1.36. The summed E-state index contributed by atoms with van der Waals surface area (Å²) in [5.74, 6) is -1.18. The number of ether oxygens (including phenoxy) is 1. The Bertz CT molecular complexity index is 127. The zero-order chi connectivity index (χ0) is 10.1. The van der Waals surface area contributed by atoms with E-state index >= 15 is 0 Å². The number of aliphatic carboxylic acids is 1. The highest BCUT2D eigenvalue weighted by molar-refractivity contribution is 5.73. The third kappa shape index (κ3) is 7.66. The minimum atomic E-state index is -1.18. The van der Waals surface area contributed by atoms with Gasteiger partial charge in [0.25, 0.3) is 0 Å². The van der Waals surface area contributed by atoms with Crippen LogP contribution < -0.4 is 11.1 Å². The molecule has 0 aliphatic carbocycles. The molecule has 6 heteroatoms. The molecule has 1 atom stereocenters. The van der Waals surface area contributed by atoms with Gasteiger partial charge in [-0.15, -0.1) is 0 Å². The number of hydrogen-bond donors (Lipinski definition) is 4. The van der Waals surface area contributed by atoms with Gasteiger partial charge in [-0.1, -0.05) is 0 Å². The lowest BCUT2D eigenvalue weighted by molar-refractivity contribution is -0.139. The maximum absolute atomic E-state index is 9.65. The molecule has 0 aromatic heterocycles. The minimum Gasteiger partial charge on any atom is -0.480 e. The fraction of sp³-hybridized carbons (Fsp3) is 0.857. The molecule has 1 heterocycles. The van der Waals surface area contributed by atoms with Gasteiger partial charge in [0, 0.05) is 13.1 Å². The van der Waals surface area contributed by atoms with Gasteiger partial charge < -0.3 is 26.0 Å². The van der Waals surface area contributed by atoms with Crippen LogP contribution in [0.1, 0.15) is 0 Å². The summed E-state index contributed by atoms with van der Waals surface area (Å²) in [6.07, 6.45) is 0. The van der Waals surface area contributed by atoms with E-state index in [-0.39, 0.29) is 0 Å². The zero-order valence-electron chi connectivity index (χ0n) is 7.40. The summed E-state index contributed by atoms with van der Waals surface area (Å²) < 4.78 is 5.01. The molecule has 0 saturated carbocycles. The molecule has 0 aromatic carbocycles. The molecule has 0 radical (unpaired) electrons. The monoisotopic (exact) mass is 192 g/mol. The van der Waals surface area contributed by atoms with Gasteiger partial charge in [0.1, 0.15) is 6.04 Å². The Morgan fingerprint density at radius 3 is 2.15 bits per heavy atom. The summed E-state index contributed by atoms with van der Waals surface area (Å²) in [7, 11) is 0. The molecule has 0 bridgehead atoms. The molecule has 5 N–H and O–H groups in total. The first kappa shape index (κ1) is 12.3. The second-order valence-corrected chi connectivity index (χ2v) is 2.49. The molecule has 0 amide bonds. The van der Waals surface area contributed by atoms with Crippen molar-refractivity contribution in [1.29, 1.82) is 0 Å². The highest BCUT2D eigenvalue weighted by atomic mass is 16.5. The molecule has 13 heavy (non-hydrogen) atoms. The van der Waals surface area contributed by atoms with Crippen molar-refractivity contribution in [3.8, 4) is 0 Å². The standard InChI is InChI=1S/C4H9NO.C3H7NO3/c1-3-6-4-2-5-1;4-2(1-5)3(6)7/h5H,1-4H2;2,5H,1,4H2,(H,6,7). The Morgan fingerprint density at radius 2 is 2.08 bits per heavy atom. The summed E-state index contributed by atoms with van der Waals surface area (Å²) in [5.41, 5.74) is 4.77. The maximum atomic E-state index is 9.65. The van der Waals surface area contributed by atoms with Crippen molar-refractivity contribution >= 4 is 5.97 Å². The van der Waals surface area contributed by atoms with Gasteiger partial charge in [0.15, 0.2) is 0 Å². The normalized spacial score (nSPS) is 18.3. The SMILES string of the molecule is C1COCCN1.NC(CO)C(=O)O. The van der Waals surface area contributed by atoms with Gasteiger partial charge in [-0.05, 0) is 0 Å². The van der Waals surface area contributed by atoms with E-state index in [1.807, 2.05) is 0 Å². The number of morpholine rings is 1. The average molecular weight is 192 g/mol. The molecular formula is C7H16N2O4. The summed E-state index contributed by atoms with van der Waals surface area (Å²) in [4.78, 5) is 9.65. The van der Waals surface area contributed by atoms with E-state index < -0.39 is 18.6 Å². The number of nitrogens with two attached hydrogens (primary N) is 1. The quantitative estimate of drug-likeness (QED) is 0.403. The number of carboxylic acid groups (broad SMARTS) is 1. The van der Waals surface area contributed by atoms with Gasteiger partial charge in [-0.2, -0.15) is 0 Å². The van der Waals surface area contributed by atoms with E-state index in [0.29, 0.717) is 0 Å². The molecule has 1 saturated heterocycles. The summed E-state index contributed by atoms with van der Waals surface area (Å²) in [6.45, 7) is 3.33. The number of aliphatic hydroxyl groups excluding tert-OH is 1. The van der Waals surface area contributed by atoms with E-state index in [9.17, 15) is 4.79 Å². The number of nitrogens with one attached hydrogen (secondary N) is 1. The van der Waals surface area contributed by atoms with Crippen molar-refractivity contribution in [3.63, 3.8) is 0 Å². The highest BCUT2D eigenvalue weighted by Gasteiger charge is 2.06. The lowest BCUT2D eigenvalue weighted by Crippen LogP contribution is -2.33. The van der Waals surface area contributed by atoms with Crippen molar-refractivity contribution in [2.75, 3.05) is 32.9 Å². The second-order valence-electron chi connectivity index (χ2n) is 2.49. The molecule has 1 aliphatic rings. The fourth-order valence-corrected chi connectivity index (χ4v) is 0.594. The molecule has 6 nitrogen and oxygen atoms in total. The lowest BCUT2D eigenvalue weighted by Gasteiger charge is -2.10. The van der Waals surface area contributed by atoms with Gasteiger partial charge >= 0.3 is 5.97 Å². The fourth-order valence-electron chi connectivity index (χ4n) is 0.594. The zero-order valence-corrected chi connectivity index (χ0v) is 7.40. The van der Waals surface area contributed by atoms with Crippen molar-refractivity contribution < 1.29 is 19.7 Å². The van der Waals surface area contributed by atoms with Crippen LogP contribution in [-0.4, -0.2) is 55.1 Å². The van der Waals surface area contributed by atoms with E-state index in [2.05, 4.69) is 5.32 Å². The largest absolute Gasteiger partial charge is 0.480 e. The van der Waals surface area contributed by atoms with Crippen LogP contribution in [0, 0.1) is 0 Å². The molecule has 1 aliphatic heterocycles. The predicted molar refractivity (Wildman–Crippen MR) is 46.4 cm³/mol. The number of rotatable bonds is 2. The molecular weight excluding hydrogens is 176 g/mol. The van der Waals surface area contributed by atoms with Crippen LogP contribution in [0.3, 0.4) is 0 Å². The average Bonchev–Trinajstić information content (AvgIpc) is 2.20. The molecule has 0 aromatic rings. The van der Waals surface area contributed by atoms with Crippen LogP contribution >= 0.6 is 0 Å². The predicted octanol–water partition coefficient (Wildman–Crippen LogP) is -2.00. The Kier molecular flexibility index (Phi) is 7.51. The number of aliphatic hydroxyl groups is 1. The van der Waals surface area contributed by atoms with E-state index in [1.165, 1.54) is 0 Å². The first-order valence-electron chi connectivity index (χ1n) is 4.06. The Hall–Kier alpha value is -0.690. The number of hydrogen-bond acceptors (Lipinski definition) is 5. The number of carboxylic acids is 1. The van der Waals surface area contributed by atoms with Crippen LogP contribution in [0.2, 0.25) is 0 Å². The van der Waals surface area contributed by atoms with Gasteiger partial charge in [-0.3, -0.25) is 4.79 Å². The summed E-state index contributed by atoms with van der Waals surface area (Å²) in [5, 5.41) is 19.1.